The fraction of sp³-hybridized carbons (Fsp3) is 0.281. The van der Waals surface area contributed by atoms with E-state index in [4.69, 9.17) is 33.0 Å². The van der Waals surface area contributed by atoms with Gasteiger partial charge in [-0.2, -0.15) is 0 Å². The maximum absolute atomic E-state index is 12.5. The van der Waals surface area contributed by atoms with Crippen molar-refractivity contribution in [2.45, 2.75) is 31.8 Å². The van der Waals surface area contributed by atoms with E-state index < -0.39 is 5.97 Å². The van der Waals surface area contributed by atoms with Gasteiger partial charge in [0, 0.05) is 30.5 Å². The van der Waals surface area contributed by atoms with E-state index in [1.54, 1.807) is 18.3 Å². The third-order valence-corrected chi connectivity index (χ3v) is 8.57. The quantitative estimate of drug-likeness (QED) is 0.188. The lowest BCUT2D eigenvalue weighted by molar-refractivity contribution is 0.0601. The average Bonchev–Trinajstić information content (AvgIpc) is 3.62. The summed E-state index contributed by atoms with van der Waals surface area (Å²) in [6.45, 7) is 4.29. The Hall–Kier alpha value is -3.88. The van der Waals surface area contributed by atoms with Gasteiger partial charge in [0.05, 0.1) is 35.1 Å². The number of thiocarbonyl (C=S) groups is 1. The molecule has 2 saturated heterocycles. The minimum absolute atomic E-state index is 0.277. The summed E-state index contributed by atoms with van der Waals surface area (Å²) in [7, 11) is 1.37. The molecule has 2 atom stereocenters. The molecule has 2 fully saturated rings. The Bertz CT molecular complexity index is 1570. The van der Waals surface area contributed by atoms with E-state index in [1.165, 1.54) is 7.11 Å². The number of hydrogen-bond acceptors (Lipinski definition) is 6. The summed E-state index contributed by atoms with van der Waals surface area (Å²) in [4.78, 5) is 21.5. The molecule has 9 heteroatoms. The number of esters is 1. The maximum atomic E-state index is 12.5. The van der Waals surface area contributed by atoms with Gasteiger partial charge >= 0.3 is 5.97 Å². The van der Waals surface area contributed by atoms with Crippen LogP contribution in [0.4, 0.5) is 11.4 Å². The van der Waals surface area contributed by atoms with E-state index >= 15 is 0 Å². The fourth-order valence-electron chi connectivity index (χ4n) is 5.72. The Morgan fingerprint density at radius 2 is 1.85 bits per heavy atom. The monoisotopic (exact) mass is 586 g/mol. The highest BCUT2D eigenvalue weighted by atomic mass is 35.5. The highest BCUT2D eigenvalue weighted by molar-refractivity contribution is 7.80. The number of carbonyl (C=O) groups excluding carboxylic acids is 1. The fourth-order valence-corrected chi connectivity index (χ4v) is 6.36. The topological polar surface area (TPSA) is 70.8 Å². The third-order valence-electron chi connectivity index (χ3n) is 7.95. The van der Waals surface area contributed by atoms with Crippen molar-refractivity contribution in [2.24, 2.45) is 5.92 Å². The van der Waals surface area contributed by atoms with Crippen LogP contribution in [0.5, 0.6) is 0 Å². The molecule has 4 heterocycles. The number of nitrogens with zero attached hydrogens (tertiary/aromatic N) is 3. The van der Waals surface area contributed by atoms with E-state index in [9.17, 15) is 4.79 Å². The minimum atomic E-state index is -0.423. The minimum Gasteiger partial charge on any atom is -0.465 e. The summed E-state index contributed by atoms with van der Waals surface area (Å²) >= 11 is 12.8. The number of furan rings is 1. The van der Waals surface area contributed by atoms with E-state index in [1.807, 2.05) is 53.4 Å². The number of ether oxygens (including phenoxy) is 1. The SMILES string of the molecule is COC(=O)c1ccccc1-c1ccc([C@@H]2[C@H](c3ccccn3)NC(=S)N2c2ccc(N3CCC(C)CC3)c(Cl)c2)o1. The number of aromatic nitrogens is 1. The van der Waals surface area contributed by atoms with Gasteiger partial charge in [0.15, 0.2) is 5.11 Å². The number of halogens is 1. The molecule has 210 valence electrons. The van der Waals surface area contributed by atoms with Crippen LogP contribution in [-0.2, 0) is 4.74 Å². The van der Waals surface area contributed by atoms with Gasteiger partial charge < -0.3 is 24.3 Å². The number of hydrogen-bond donors (Lipinski definition) is 1. The summed E-state index contributed by atoms with van der Waals surface area (Å²) in [5.74, 6) is 1.55. The summed E-state index contributed by atoms with van der Waals surface area (Å²) < 4.78 is 11.5. The first kappa shape index (κ1) is 27.3. The van der Waals surface area contributed by atoms with Crippen LogP contribution in [0.1, 0.15) is 53.7 Å². The molecule has 7 nitrogen and oxygen atoms in total. The van der Waals surface area contributed by atoms with Gasteiger partial charge in [-0.05, 0) is 79.5 Å². The number of benzene rings is 2. The Labute approximate surface area is 250 Å². The van der Waals surface area contributed by atoms with E-state index in [0.717, 1.165) is 48.9 Å². The summed E-state index contributed by atoms with van der Waals surface area (Å²) in [6.07, 6.45) is 4.09. The molecule has 0 aliphatic carbocycles. The molecular weight excluding hydrogens is 556 g/mol. The maximum Gasteiger partial charge on any atom is 0.338 e. The number of piperidine rings is 1. The van der Waals surface area contributed by atoms with Gasteiger partial charge in [-0.15, -0.1) is 0 Å². The van der Waals surface area contributed by atoms with Crippen LogP contribution in [0.2, 0.25) is 5.02 Å². The molecule has 1 N–H and O–H groups in total. The lowest BCUT2D eigenvalue weighted by Gasteiger charge is -2.33. The molecule has 2 aliphatic heterocycles. The summed E-state index contributed by atoms with van der Waals surface area (Å²) in [5.41, 5.74) is 3.82. The van der Waals surface area contributed by atoms with Crippen LogP contribution in [0, 0.1) is 5.92 Å². The van der Waals surface area contributed by atoms with E-state index in [2.05, 4.69) is 34.3 Å². The van der Waals surface area contributed by atoms with E-state index in [-0.39, 0.29) is 12.1 Å². The first-order valence-corrected chi connectivity index (χ1v) is 14.6. The smallest absolute Gasteiger partial charge is 0.338 e. The van der Waals surface area contributed by atoms with Crippen molar-refractivity contribution in [1.82, 2.24) is 10.3 Å². The highest BCUT2D eigenvalue weighted by Gasteiger charge is 2.43. The van der Waals surface area contributed by atoms with Gasteiger partial charge in [0.25, 0.3) is 0 Å². The lowest BCUT2D eigenvalue weighted by atomic mass is 9.98. The van der Waals surface area contributed by atoms with Crippen LogP contribution < -0.4 is 15.1 Å². The summed E-state index contributed by atoms with van der Waals surface area (Å²) in [6, 6.07) is 22.4. The average molecular weight is 587 g/mol. The lowest BCUT2D eigenvalue weighted by Crippen LogP contribution is -2.33. The number of anilines is 2. The van der Waals surface area contributed by atoms with Crippen molar-refractivity contribution in [2.75, 3.05) is 30.0 Å². The molecular formula is C32H31ClN4O3S. The second kappa shape index (κ2) is 11.5. The molecule has 0 unspecified atom stereocenters. The molecule has 0 amide bonds. The van der Waals surface area contributed by atoms with Crippen molar-refractivity contribution in [3.63, 3.8) is 0 Å². The van der Waals surface area contributed by atoms with Gasteiger partial charge in [-0.25, -0.2) is 4.79 Å². The first-order valence-electron chi connectivity index (χ1n) is 13.8. The van der Waals surface area contributed by atoms with Gasteiger partial charge in [-0.3, -0.25) is 4.98 Å². The Morgan fingerprint density at radius 3 is 2.59 bits per heavy atom. The number of carbonyl (C=O) groups is 1. The van der Waals surface area contributed by atoms with Crippen molar-refractivity contribution in [1.29, 1.82) is 0 Å². The van der Waals surface area contributed by atoms with Crippen molar-refractivity contribution in [3.8, 4) is 11.3 Å². The molecule has 2 aromatic heterocycles. The second-order valence-corrected chi connectivity index (χ2v) is 11.3. The molecule has 2 aromatic carbocycles. The zero-order chi connectivity index (χ0) is 28.5. The zero-order valence-corrected chi connectivity index (χ0v) is 24.5. The van der Waals surface area contributed by atoms with Crippen LogP contribution in [0.3, 0.4) is 0 Å². The van der Waals surface area contributed by atoms with Crippen LogP contribution in [0.15, 0.2) is 83.4 Å². The predicted molar refractivity (Wildman–Crippen MR) is 165 cm³/mol. The Balaban J connectivity index is 1.39. The number of nitrogens with one attached hydrogen (secondary N) is 1. The molecule has 41 heavy (non-hydrogen) atoms. The van der Waals surface area contributed by atoms with Gasteiger partial charge in [0.2, 0.25) is 0 Å². The van der Waals surface area contributed by atoms with Crippen molar-refractivity contribution < 1.29 is 13.9 Å². The molecule has 6 rings (SSSR count). The zero-order valence-electron chi connectivity index (χ0n) is 22.9. The summed E-state index contributed by atoms with van der Waals surface area (Å²) in [5, 5.41) is 4.70. The standard InChI is InChI=1S/C32H31ClN4O3S/c1-20-14-17-36(18-15-20)26-11-10-21(19-24(26)33)37-30(29(35-32(37)41)25-9-5-6-16-34-25)28-13-12-27(40-28)22-7-3-4-8-23(22)31(38)39-2/h3-13,16,19-20,29-30H,14-15,17-18H2,1-2H3,(H,35,41)/t29-,30+/m0/s1. The molecule has 0 saturated carbocycles. The first-order chi connectivity index (χ1) is 19.9. The van der Waals surface area contributed by atoms with Crippen molar-refractivity contribution >= 4 is 46.3 Å². The van der Waals surface area contributed by atoms with Gasteiger partial charge in [0.1, 0.15) is 17.6 Å². The van der Waals surface area contributed by atoms with Crippen LogP contribution in [-0.4, -0.2) is 36.3 Å². The van der Waals surface area contributed by atoms with Crippen LogP contribution in [0.25, 0.3) is 11.3 Å². The number of rotatable bonds is 6. The largest absolute Gasteiger partial charge is 0.465 e. The predicted octanol–water partition coefficient (Wildman–Crippen LogP) is 7.20. The normalized spacial score (nSPS) is 19.3. The van der Waals surface area contributed by atoms with Gasteiger partial charge in [-0.1, -0.05) is 42.8 Å². The molecule has 0 bridgehead atoms. The Kier molecular flexibility index (Phi) is 7.69. The van der Waals surface area contributed by atoms with E-state index in [0.29, 0.717) is 32.8 Å². The highest BCUT2D eigenvalue weighted by Crippen LogP contribution is 2.44. The molecule has 2 aliphatic rings. The molecule has 0 spiro atoms. The Morgan fingerprint density at radius 1 is 1.07 bits per heavy atom. The third kappa shape index (κ3) is 5.29. The molecule has 4 aromatic rings. The van der Waals surface area contributed by atoms with Crippen molar-refractivity contribution in [3.05, 3.63) is 101 Å². The molecule has 0 radical (unpaired) electrons. The van der Waals surface area contributed by atoms with Crippen LogP contribution >= 0.6 is 23.8 Å². The number of methoxy groups -OCH3 is 1. The number of pyridine rings is 1. The second-order valence-electron chi connectivity index (χ2n) is 10.5.